The van der Waals surface area contributed by atoms with Crippen molar-refractivity contribution in [3.63, 3.8) is 0 Å². The monoisotopic (exact) mass is 214 g/mol. The molecule has 0 aliphatic heterocycles. The standard InChI is InChI=1S/C12H26N2O/c1-13(2)8-10-6-5-7-11(12(10)15)9-14(3)4/h10-12,15H,5-9H2,1-4H3/t10-,11+,12?. The lowest BCUT2D eigenvalue weighted by Crippen LogP contribution is -2.42. The second-order valence-corrected chi connectivity index (χ2v) is 5.47. The topological polar surface area (TPSA) is 26.7 Å². The van der Waals surface area contributed by atoms with Crippen molar-refractivity contribution >= 4 is 0 Å². The van der Waals surface area contributed by atoms with E-state index < -0.39 is 0 Å². The number of aliphatic hydroxyl groups is 1. The Labute approximate surface area is 94.1 Å². The van der Waals surface area contributed by atoms with Crippen molar-refractivity contribution < 1.29 is 5.11 Å². The summed E-state index contributed by atoms with van der Waals surface area (Å²) in [5.74, 6) is 0.942. The van der Waals surface area contributed by atoms with Crippen molar-refractivity contribution in [1.82, 2.24) is 9.80 Å². The Morgan fingerprint density at radius 3 is 1.67 bits per heavy atom. The van der Waals surface area contributed by atoms with Crippen LogP contribution in [0.1, 0.15) is 19.3 Å². The van der Waals surface area contributed by atoms with Gasteiger partial charge in [-0.05, 0) is 52.9 Å². The van der Waals surface area contributed by atoms with Crippen LogP contribution in [0, 0.1) is 11.8 Å². The minimum atomic E-state index is -0.108. The van der Waals surface area contributed by atoms with Crippen LogP contribution in [0.5, 0.6) is 0 Å². The van der Waals surface area contributed by atoms with Gasteiger partial charge in [0.25, 0.3) is 0 Å². The average Bonchev–Trinajstić information content (AvgIpc) is 2.10. The van der Waals surface area contributed by atoms with Gasteiger partial charge in [0.05, 0.1) is 6.10 Å². The van der Waals surface area contributed by atoms with E-state index in [0.717, 1.165) is 13.1 Å². The number of rotatable bonds is 4. The molecule has 1 N–H and O–H groups in total. The highest BCUT2D eigenvalue weighted by Crippen LogP contribution is 2.30. The lowest BCUT2D eigenvalue weighted by atomic mass is 9.78. The van der Waals surface area contributed by atoms with E-state index in [9.17, 15) is 5.11 Å². The molecule has 3 nitrogen and oxygen atoms in total. The summed E-state index contributed by atoms with van der Waals surface area (Å²) in [6, 6.07) is 0. The van der Waals surface area contributed by atoms with Crippen LogP contribution in [0.2, 0.25) is 0 Å². The first-order valence-corrected chi connectivity index (χ1v) is 5.98. The van der Waals surface area contributed by atoms with E-state index in [2.05, 4.69) is 38.0 Å². The molecule has 0 amide bonds. The molecule has 0 spiro atoms. The summed E-state index contributed by atoms with van der Waals surface area (Å²) < 4.78 is 0. The van der Waals surface area contributed by atoms with Crippen molar-refractivity contribution in [3.05, 3.63) is 0 Å². The zero-order valence-corrected chi connectivity index (χ0v) is 10.6. The van der Waals surface area contributed by atoms with Crippen LogP contribution in [0.3, 0.4) is 0 Å². The fraction of sp³-hybridized carbons (Fsp3) is 1.00. The molecule has 0 heterocycles. The molecule has 1 fully saturated rings. The summed E-state index contributed by atoms with van der Waals surface area (Å²) in [5.41, 5.74) is 0. The first-order valence-electron chi connectivity index (χ1n) is 5.98. The minimum absolute atomic E-state index is 0.108. The molecule has 90 valence electrons. The summed E-state index contributed by atoms with van der Waals surface area (Å²) in [5, 5.41) is 10.3. The van der Waals surface area contributed by atoms with Gasteiger partial charge in [0, 0.05) is 13.1 Å². The van der Waals surface area contributed by atoms with E-state index in [1.807, 2.05) is 0 Å². The molecular formula is C12H26N2O. The van der Waals surface area contributed by atoms with Gasteiger partial charge in [0.15, 0.2) is 0 Å². The normalized spacial score (nSPS) is 32.6. The van der Waals surface area contributed by atoms with Crippen LogP contribution in [0.25, 0.3) is 0 Å². The van der Waals surface area contributed by atoms with Crippen molar-refractivity contribution in [2.75, 3.05) is 41.3 Å². The van der Waals surface area contributed by atoms with Gasteiger partial charge >= 0.3 is 0 Å². The van der Waals surface area contributed by atoms with Crippen molar-refractivity contribution in [1.29, 1.82) is 0 Å². The lowest BCUT2D eigenvalue weighted by Gasteiger charge is -2.37. The molecule has 1 unspecified atom stereocenters. The maximum atomic E-state index is 10.3. The van der Waals surface area contributed by atoms with Crippen LogP contribution in [0.15, 0.2) is 0 Å². The third-order valence-electron chi connectivity index (χ3n) is 3.32. The number of hydrogen-bond donors (Lipinski definition) is 1. The smallest absolute Gasteiger partial charge is 0.0620 e. The first-order chi connectivity index (χ1) is 7.00. The summed E-state index contributed by atoms with van der Waals surface area (Å²) in [6.45, 7) is 2.04. The Kier molecular flexibility index (Phi) is 5.03. The van der Waals surface area contributed by atoms with E-state index in [4.69, 9.17) is 0 Å². The van der Waals surface area contributed by atoms with Gasteiger partial charge in [0.1, 0.15) is 0 Å². The molecule has 0 aromatic carbocycles. The van der Waals surface area contributed by atoms with Crippen LogP contribution in [-0.4, -0.2) is 62.3 Å². The number of hydrogen-bond acceptors (Lipinski definition) is 3. The molecule has 0 bridgehead atoms. The predicted molar refractivity (Wildman–Crippen MR) is 63.9 cm³/mol. The molecule has 1 rings (SSSR count). The van der Waals surface area contributed by atoms with Crippen LogP contribution in [0.4, 0.5) is 0 Å². The molecule has 3 atom stereocenters. The fourth-order valence-electron chi connectivity index (χ4n) is 2.71. The second-order valence-electron chi connectivity index (χ2n) is 5.47. The molecule has 0 aromatic rings. The Morgan fingerprint density at radius 2 is 1.33 bits per heavy atom. The number of nitrogens with zero attached hydrogens (tertiary/aromatic N) is 2. The maximum Gasteiger partial charge on any atom is 0.0620 e. The van der Waals surface area contributed by atoms with Gasteiger partial charge in [-0.2, -0.15) is 0 Å². The van der Waals surface area contributed by atoms with Crippen LogP contribution < -0.4 is 0 Å². The van der Waals surface area contributed by atoms with Gasteiger partial charge in [0.2, 0.25) is 0 Å². The minimum Gasteiger partial charge on any atom is -0.392 e. The highest BCUT2D eigenvalue weighted by atomic mass is 16.3. The van der Waals surface area contributed by atoms with Crippen LogP contribution >= 0.6 is 0 Å². The van der Waals surface area contributed by atoms with Gasteiger partial charge < -0.3 is 14.9 Å². The molecule has 1 saturated carbocycles. The maximum absolute atomic E-state index is 10.3. The summed E-state index contributed by atoms with van der Waals surface area (Å²) in [7, 11) is 8.34. The number of aliphatic hydroxyl groups excluding tert-OH is 1. The SMILES string of the molecule is CN(C)C[C@H]1CCC[C@@H](CN(C)C)C1O. The molecule has 15 heavy (non-hydrogen) atoms. The van der Waals surface area contributed by atoms with E-state index >= 15 is 0 Å². The highest BCUT2D eigenvalue weighted by Gasteiger charge is 2.31. The zero-order chi connectivity index (χ0) is 11.4. The molecular weight excluding hydrogens is 188 g/mol. The van der Waals surface area contributed by atoms with E-state index in [1.165, 1.54) is 19.3 Å². The zero-order valence-electron chi connectivity index (χ0n) is 10.6. The second kappa shape index (κ2) is 5.83. The van der Waals surface area contributed by atoms with E-state index in [-0.39, 0.29) is 6.10 Å². The Morgan fingerprint density at radius 1 is 0.933 bits per heavy atom. The Hall–Kier alpha value is -0.120. The van der Waals surface area contributed by atoms with Gasteiger partial charge in [-0.3, -0.25) is 0 Å². The first kappa shape index (κ1) is 12.9. The third kappa shape index (κ3) is 4.09. The van der Waals surface area contributed by atoms with Crippen molar-refractivity contribution in [2.45, 2.75) is 25.4 Å². The molecule has 0 aromatic heterocycles. The lowest BCUT2D eigenvalue weighted by molar-refractivity contribution is -0.00167. The summed E-state index contributed by atoms with van der Waals surface area (Å²) in [4.78, 5) is 4.37. The van der Waals surface area contributed by atoms with Gasteiger partial charge in [-0.25, -0.2) is 0 Å². The molecule has 0 radical (unpaired) electrons. The molecule has 1 aliphatic rings. The quantitative estimate of drug-likeness (QED) is 0.753. The van der Waals surface area contributed by atoms with Gasteiger partial charge in [-0.15, -0.1) is 0 Å². The third-order valence-corrected chi connectivity index (χ3v) is 3.32. The summed E-state index contributed by atoms with van der Waals surface area (Å²) in [6.07, 6.45) is 3.53. The largest absolute Gasteiger partial charge is 0.392 e. The molecule has 3 heteroatoms. The van der Waals surface area contributed by atoms with E-state index in [1.54, 1.807) is 0 Å². The van der Waals surface area contributed by atoms with Crippen molar-refractivity contribution in [3.8, 4) is 0 Å². The predicted octanol–water partition coefficient (Wildman–Crippen LogP) is 0.887. The highest BCUT2D eigenvalue weighted by molar-refractivity contribution is 4.84. The van der Waals surface area contributed by atoms with Crippen molar-refractivity contribution in [2.24, 2.45) is 11.8 Å². The Balaban J connectivity index is 2.47. The molecule has 0 saturated heterocycles. The Bertz CT molecular complexity index is 164. The fourth-order valence-corrected chi connectivity index (χ4v) is 2.71. The summed E-state index contributed by atoms with van der Waals surface area (Å²) >= 11 is 0. The average molecular weight is 214 g/mol. The van der Waals surface area contributed by atoms with Crippen LogP contribution in [-0.2, 0) is 0 Å². The molecule has 1 aliphatic carbocycles. The van der Waals surface area contributed by atoms with E-state index in [0.29, 0.717) is 11.8 Å². The van der Waals surface area contributed by atoms with Gasteiger partial charge in [-0.1, -0.05) is 6.42 Å².